The summed E-state index contributed by atoms with van der Waals surface area (Å²) >= 11 is 1.61. The molecule has 122 valence electrons. The van der Waals surface area contributed by atoms with Gasteiger partial charge in [-0.25, -0.2) is 0 Å². The normalized spacial score (nSPS) is 11.8. The van der Waals surface area contributed by atoms with Crippen molar-refractivity contribution in [2.45, 2.75) is 25.6 Å². The smallest absolute Gasteiger partial charge is 0.230 e. The van der Waals surface area contributed by atoms with Crippen molar-refractivity contribution in [3.63, 3.8) is 0 Å². The van der Waals surface area contributed by atoms with Gasteiger partial charge in [0.25, 0.3) is 0 Å². The second-order valence-corrected chi connectivity index (χ2v) is 6.53. The molecule has 0 heterocycles. The Balaban J connectivity index is 1.74. The Morgan fingerprint density at radius 3 is 2.39 bits per heavy atom. The molecule has 0 bridgehead atoms. The van der Waals surface area contributed by atoms with Crippen molar-refractivity contribution in [3.05, 3.63) is 65.2 Å². The van der Waals surface area contributed by atoms with E-state index < -0.39 is 0 Å². The number of aryl methyl sites for hydroxylation is 1. The second kappa shape index (κ2) is 8.63. The molecule has 3 nitrogen and oxygen atoms in total. The summed E-state index contributed by atoms with van der Waals surface area (Å²) in [5.41, 5.74) is 3.54. The highest BCUT2D eigenvalue weighted by atomic mass is 32.2. The lowest BCUT2D eigenvalue weighted by Gasteiger charge is -2.14. The van der Waals surface area contributed by atoms with Crippen molar-refractivity contribution in [1.29, 1.82) is 0 Å². The van der Waals surface area contributed by atoms with Gasteiger partial charge in [-0.3, -0.25) is 4.79 Å². The van der Waals surface area contributed by atoms with Gasteiger partial charge in [0.05, 0.1) is 18.9 Å². The molecule has 0 aliphatic heterocycles. The van der Waals surface area contributed by atoms with Gasteiger partial charge in [0.1, 0.15) is 5.75 Å². The van der Waals surface area contributed by atoms with Crippen LogP contribution in [-0.4, -0.2) is 18.8 Å². The first-order chi connectivity index (χ1) is 11.1. The number of hydrogen-bond acceptors (Lipinski definition) is 3. The molecule has 0 saturated carbocycles. The van der Waals surface area contributed by atoms with Gasteiger partial charge in [-0.05, 0) is 37.1 Å². The monoisotopic (exact) mass is 329 g/mol. The van der Waals surface area contributed by atoms with E-state index in [4.69, 9.17) is 4.74 Å². The number of methoxy groups -OCH3 is 1. The minimum absolute atomic E-state index is 0.0321. The minimum atomic E-state index is 0.0321. The Labute approximate surface area is 142 Å². The molecule has 1 unspecified atom stereocenters. The van der Waals surface area contributed by atoms with Gasteiger partial charge in [-0.1, -0.05) is 42.0 Å². The van der Waals surface area contributed by atoms with Crippen LogP contribution >= 0.6 is 11.8 Å². The van der Waals surface area contributed by atoms with E-state index in [0.29, 0.717) is 5.75 Å². The van der Waals surface area contributed by atoms with Crippen LogP contribution in [0.15, 0.2) is 48.5 Å². The van der Waals surface area contributed by atoms with E-state index >= 15 is 0 Å². The van der Waals surface area contributed by atoms with E-state index in [9.17, 15) is 4.79 Å². The van der Waals surface area contributed by atoms with Crippen LogP contribution in [0.2, 0.25) is 0 Å². The highest BCUT2D eigenvalue weighted by molar-refractivity contribution is 7.99. The Morgan fingerprint density at radius 2 is 1.78 bits per heavy atom. The van der Waals surface area contributed by atoms with Crippen LogP contribution in [0.1, 0.15) is 29.7 Å². The van der Waals surface area contributed by atoms with Crippen molar-refractivity contribution in [3.8, 4) is 5.75 Å². The third kappa shape index (κ3) is 5.64. The first kappa shape index (κ1) is 17.4. The number of thioether (sulfide) groups is 1. The molecule has 2 aromatic carbocycles. The molecule has 0 aromatic heterocycles. The summed E-state index contributed by atoms with van der Waals surface area (Å²) in [5, 5.41) is 3.04. The molecule has 23 heavy (non-hydrogen) atoms. The van der Waals surface area contributed by atoms with Crippen LogP contribution in [0, 0.1) is 6.92 Å². The van der Waals surface area contributed by atoms with Crippen LogP contribution < -0.4 is 10.1 Å². The van der Waals surface area contributed by atoms with E-state index in [1.165, 1.54) is 11.1 Å². The molecule has 0 spiro atoms. The molecular weight excluding hydrogens is 306 g/mol. The number of ether oxygens (including phenoxy) is 1. The fraction of sp³-hybridized carbons (Fsp3) is 0.316. The first-order valence-electron chi connectivity index (χ1n) is 7.65. The van der Waals surface area contributed by atoms with Crippen LogP contribution in [0.3, 0.4) is 0 Å². The number of carbonyl (C=O) groups excluding carboxylic acids is 1. The average molecular weight is 329 g/mol. The van der Waals surface area contributed by atoms with Gasteiger partial charge in [-0.15, -0.1) is 11.8 Å². The summed E-state index contributed by atoms with van der Waals surface area (Å²) in [6.45, 7) is 4.07. The number of carbonyl (C=O) groups is 1. The number of hydrogen-bond donors (Lipinski definition) is 1. The summed E-state index contributed by atoms with van der Waals surface area (Å²) < 4.78 is 5.13. The molecule has 1 amide bonds. The largest absolute Gasteiger partial charge is 0.497 e. The fourth-order valence-corrected chi connectivity index (χ4v) is 3.00. The highest BCUT2D eigenvalue weighted by Gasteiger charge is 2.09. The van der Waals surface area contributed by atoms with E-state index in [1.807, 2.05) is 31.2 Å². The molecule has 0 aliphatic carbocycles. The van der Waals surface area contributed by atoms with Crippen molar-refractivity contribution in [2.75, 3.05) is 12.9 Å². The summed E-state index contributed by atoms with van der Waals surface area (Å²) in [7, 11) is 1.66. The van der Waals surface area contributed by atoms with E-state index in [1.54, 1.807) is 18.9 Å². The summed E-state index contributed by atoms with van der Waals surface area (Å²) in [6, 6.07) is 16.2. The second-order valence-electron chi connectivity index (χ2n) is 5.54. The number of amides is 1. The molecule has 1 atom stereocenters. The van der Waals surface area contributed by atoms with Crippen LogP contribution in [0.4, 0.5) is 0 Å². The van der Waals surface area contributed by atoms with Crippen LogP contribution in [0.5, 0.6) is 5.75 Å². The molecule has 0 saturated heterocycles. The number of nitrogens with one attached hydrogen (secondary N) is 1. The zero-order valence-electron chi connectivity index (χ0n) is 13.8. The summed E-state index contributed by atoms with van der Waals surface area (Å²) in [5.74, 6) is 2.19. The van der Waals surface area contributed by atoms with Gasteiger partial charge in [0.2, 0.25) is 5.91 Å². The Kier molecular flexibility index (Phi) is 6.53. The van der Waals surface area contributed by atoms with E-state index in [-0.39, 0.29) is 11.9 Å². The Morgan fingerprint density at radius 1 is 1.13 bits per heavy atom. The molecule has 2 rings (SSSR count). The summed E-state index contributed by atoms with van der Waals surface area (Å²) in [4.78, 5) is 12.0. The van der Waals surface area contributed by atoms with Crippen LogP contribution in [0.25, 0.3) is 0 Å². The third-order valence-electron chi connectivity index (χ3n) is 3.62. The maximum absolute atomic E-state index is 12.0. The van der Waals surface area contributed by atoms with E-state index in [2.05, 4.69) is 36.5 Å². The minimum Gasteiger partial charge on any atom is -0.497 e. The lowest BCUT2D eigenvalue weighted by atomic mass is 10.1. The van der Waals surface area contributed by atoms with Gasteiger partial charge >= 0.3 is 0 Å². The average Bonchev–Trinajstić information content (AvgIpc) is 2.56. The maximum atomic E-state index is 12.0. The van der Waals surface area contributed by atoms with E-state index in [0.717, 1.165) is 17.1 Å². The van der Waals surface area contributed by atoms with Crippen molar-refractivity contribution in [2.24, 2.45) is 0 Å². The Bertz CT molecular complexity index is 623. The quantitative estimate of drug-likeness (QED) is 0.830. The predicted molar refractivity (Wildman–Crippen MR) is 96.9 cm³/mol. The lowest BCUT2D eigenvalue weighted by Crippen LogP contribution is -2.28. The van der Waals surface area contributed by atoms with Crippen molar-refractivity contribution >= 4 is 17.7 Å². The first-order valence-corrected chi connectivity index (χ1v) is 8.80. The maximum Gasteiger partial charge on any atom is 0.230 e. The molecule has 2 aromatic rings. The number of rotatable bonds is 7. The predicted octanol–water partition coefficient (Wildman–Crippen LogP) is 4.11. The zero-order chi connectivity index (χ0) is 16.7. The fourth-order valence-electron chi connectivity index (χ4n) is 2.20. The van der Waals surface area contributed by atoms with Gasteiger partial charge < -0.3 is 10.1 Å². The molecular formula is C19H23NO2S. The van der Waals surface area contributed by atoms with Gasteiger partial charge in [0.15, 0.2) is 0 Å². The van der Waals surface area contributed by atoms with Gasteiger partial charge in [0, 0.05) is 5.75 Å². The SMILES string of the molecule is COc1ccc(CSCC(=O)NC(C)c2ccc(C)cc2)cc1. The standard InChI is InChI=1S/C19H23NO2S/c1-14-4-8-17(9-5-14)15(2)20-19(21)13-23-12-16-6-10-18(22-3)11-7-16/h4-11,15H,12-13H2,1-3H3,(H,20,21). The number of benzene rings is 2. The van der Waals surface area contributed by atoms with Crippen molar-refractivity contribution < 1.29 is 9.53 Å². The van der Waals surface area contributed by atoms with Gasteiger partial charge in [-0.2, -0.15) is 0 Å². The molecule has 0 fully saturated rings. The summed E-state index contributed by atoms with van der Waals surface area (Å²) in [6.07, 6.45) is 0. The van der Waals surface area contributed by atoms with Crippen LogP contribution in [-0.2, 0) is 10.5 Å². The molecule has 0 aliphatic rings. The molecule has 1 N–H and O–H groups in total. The topological polar surface area (TPSA) is 38.3 Å². The zero-order valence-corrected chi connectivity index (χ0v) is 14.7. The van der Waals surface area contributed by atoms with Crippen molar-refractivity contribution in [1.82, 2.24) is 5.32 Å². The molecule has 4 heteroatoms. The third-order valence-corrected chi connectivity index (χ3v) is 4.62. The lowest BCUT2D eigenvalue weighted by molar-refractivity contribution is -0.119. The highest BCUT2D eigenvalue weighted by Crippen LogP contribution is 2.17. The molecule has 0 radical (unpaired) electrons. The Hall–Kier alpha value is -1.94.